The predicted molar refractivity (Wildman–Crippen MR) is 77.9 cm³/mol. The third-order valence-corrected chi connectivity index (χ3v) is 4.04. The number of hydrogen-bond acceptors (Lipinski definition) is 2. The van der Waals surface area contributed by atoms with E-state index >= 15 is 0 Å². The summed E-state index contributed by atoms with van der Waals surface area (Å²) in [5.41, 5.74) is 1.01. The van der Waals surface area contributed by atoms with E-state index in [-0.39, 0.29) is 12.5 Å². The molecule has 0 radical (unpaired) electrons. The van der Waals surface area contributed by atoms with E-state index in [0.717, 1.165) is 46.2 Å². The first-order valence-electron chi connectivity index (χ1n) is 5.94. The number of nitrogens with zero attached hydrogens (tertiary/aromatic N) is 1. The maximum absolute atomic E-state index is 11.9. The lowest BCUT2D eigenvalue weighted by atomic mass is 10.2. The van der Waals surface area contributed by atoms with E-state index in [2.05, 4.69) is 31.9 Å². The number of aryl methyl sites for hydroxylation is 1. The maximum atomic E-state index is 11.9. The zero-order valence-corrected chi connectivity index (χ0v) is 13.4. The monoisotopic (exact) mass is 375 g/mol. The van der Waals surface area contributed by atoms with Gasteiger partial charge in [0.2, 0.25) is 0 Å². The predicted octanol–water partition coefficient (Wildman–Crippen LogP) is 3.52. The van der Waals surface area contributed by atoms with E-state index in [0.29, 0.717) is 0 Å². The number of ether oxygens (including phenoxy) is 1. The van der Waals surface area contributed by atoms with Gasteiger partial charge in [0.15, 0.2) is 6.61 Å². The van der Waals surface area contributed by atoms with Crippen LogP contribution >= 0.6 is 31.9 Å². The quantitative estimate of drug-likeness (QED) is 0.807. The zero-order chi connectivity index (χ0) is 13.1. The second-order valence-electron chi connectivity index (χ2n) is 4.41. The van der Waals surface area contributed by atoms with E-state index in [1.807, 2.05) is 24.0 Å². The van der Waals surface area contributed by atoms with Crippen LogP contribution in [0, 0.1) is 6.92 Å². The lowest BCUT2D eigenvalue weighted by Gasteiger charge is -2.17. The topological polar surface area (TPSA) is 29.5 Å². The molecule has 1 aliphatic rings. The first kappa shape index (κ1) is 13.9. The number of hydrogen-bond donors (Lipinski definition) is 0. The molecule has 0 aromatic heterocycles. The summed E-state index contributed by atoms with van der Waals surface area (Å²) in [5.74, 6) is 0.812. The summed E-state index contributed by atoms with van der Waals surface area (Å²) >= 11 is 6.87. The summed E-state index contributed by atoms with van der Waals surface area (Å²) in [6, 6.07) is 3.89. The van der Waals surface area contributed by atoms with Crippen molar-refractivity contribution < 1.29 is 9.53 Å². The molecule has 98 valence electrons. The molecule has 2 rings (SSSR count). The first-order chi connectivity index (χ1) is 8.58. The van der Waals surface area contributed by atoms with Crippen molar-refractivity contribution >= 4 is 37.8 Å². The fourth-order valence-electron chi connectivity index (χ4n) is 2.06. The molecule has 1 heterocycles. The molecule has 0 N–H and O–H groups in total. The molecule has 0 aliphatic carbocycles. The standard InChI is InChI=1S/C13H15Br2NO2/c1-9-6-10(14)7-11(15)13(9)18-8-12(17)16-4-2-3-5-16/h6-7H,2-5,8H2,1H3. The Morgan fingerprint density at radius 3 is 2.61 bits per heavy atom. The summed E-state index contributed by atoms with van der Waals surface area (Å²) in [5, 5.41) is 0. The highest BCUT2D eigenvalue weighted by molar-refractivity contribution is 9.11. The number of carbonyl (C=O) groups excluding carboxylic acids is 1. The van der Waals surface area contributed by atoms with Gasteiger partial charge in [0.25, 0.3) is 5.91 Å². The van der Waals surface area contributed by atoms with Crippen molar-refractivity contribution in [3.8, 4) is 5.75 Å². The first-order valence-corrected chi connectivity index (χ1v) is 7.53. The van der Waals surface area contributed by atoms with Gasteiger partial charge in [-0.25, -0.2) is 0 Å². The van der Waals surface area contributed by atoms with E-state index < -0.39 is 0 Å². The fraction of sp³-hybridized carbons (Fsp3) is 0.462. The molecular formula is C13H15Br2NO2. The number of amides is 1. The smallest absolute Gasteiger partial charge is 0.260 e. The average Bonchev–Trinajstić information content (AvgIpc) is 2.80. The average molecular weight is 377 g/mol. The number of carbonyl (C=O) groups is 1. The van der Waals surface area contributed by atoms with Gasteiger partial charge in [-0.2, -0.15) is 0 Å². The SMILES string of the molecule is Cc1cc(Br)cc(Br)c1OCC(=O)N1CCCC1. The van der Waals surface area contributed by atoms with Crippen molar-refractivity contribution in [3.63, 3.8) is 0 Å². The molecule has 18 heavy (non-hydrogen) atoms. The van der Waals surface area contributed by atoms with E-state index in [4.69, 9.17) is 4.74 Å². The molecule has 1 aliphatic heterocycles. The van der Waals surface area contributed by atoms with Crippen LogP contribution < -0.4 is 4.74 Å². The third kappa shape index (κ3) is 3.26. The second-order valence-corrected chi connectivity index (χ2v) is 6.18. The summed E-state index contributed by atoms with van der Waals surface area (Å²) in [4.78, 5) is 13.7. The van der Waals surface area contributed by atoms with Crippen LogP contribution in [-0.4, -0.2) is 30.5 Å². The molecule has 0 bridgehead atoms. The van der Waals surface area contributed by atoms with Gasteiger partial charge in [-0.1, -0.05) is 15.9 Å². The minimum absolute atomic E-state index is 0.0710. The van der Waals surface area contributed by atoms with Crippen LogP contribution in [-0.2, 0) is 4.79 Å². The normalized spacial score (nSPS) is 14.9. The molecule has 0 spiro atoms. The number of halogens is 2. The van der Waals surface area contributed by atoms with Crippen molar-refractivity contribution in [2.75, 3.05) is 19.7 Å². The zero-order valence-electron chi connectivity index (χ0n) is 10.2. The molecule has 1 fully saturated rings. The molecule has 1 saturated heterocycles. The Labute approximate surface area is 124 Å². The van der Waals surface area contributed by atoms with Gasteiger partial charge in [0.05, 0.1) is 4.47 Å². The van der Waals surface area contributed by atoms with Crippen molar-refractivity contribution in [3.05, 3.63) is 26.6 Å². The summed E-state index contributed by atoms with van der Waals surface area (Å²) in [6.45, 7) is 3.80. The van der Waals surface area contributed by atoms with E-state index in [9.17, 15) is 4.79 Å². The molecule has 1 aromatic rings. The number of rotatable bonds is 3. The van der Waals surface area contributed by atoms with E-state index in [1.165, 1.54) is 0 Å². The molecular weight excluding hydrogens is 362 g/mol. The minimum atomic E-state index is 0.0710. The van der Waals surface area contributed by atoms with Crippen LogP contribution in [0.2, 0.25) is 0 Å². The highest BCUT2D eigenvalue weighted by Crippen LogP contribution is 2.32. The molecule has 0 saturated carbocycles. The van der Waals surface area contributed by atoms with Gasteiger partial charge in [-0.3, -0.25) is 4.79 Å². The lowest BCUT2D eigenvalue weighted by Crippen LogP contribution is -2.32. The van der Waals surface area contributed by atoms with Crippen LogP contribution in [0.1, 0.15) is 18.4 Å². The third-order valence-electron chi connectivity index (χ3n) is 2.99. The van der Waals surface area contributed by atoms with Crippen LogP contribution in [0.4, 0.5) is 0 Å². The molecule has 1 aromatic carbocycles. The van der Waals surface area contributed by atoms with Crippen molar-refractivity contribution in [1.82, 2.24) is 4.90 Å². The van der Waals surface area contributed by atoms with Crippen molar-refractivity contribution in [2.45, 2.75) is 19.8 Å². The number of benzene rings is 1. The van der Waals surface area contributed by atoms with Gasteiger partial charge in [-0.05, 0) is 53.4 Å². The Kier molecular flexibility index (Phi) is 4.67. The summed E-state index contributed by atoms with van der Waals surface area (Å²) in [7, 11) is 0. The molecule has 0 unspecified atom stereocenters. The van der Waals surface area contributed by atoms with Gasteiger partial charge < -0.3 is 9.64 Å². The van der Waals surface area contributed by atoms with Crippen LogP contribution in [0.3, 0.4) is 0 Å². The Morgan fingerprint density at radius 1 is 1.33 bits per heavy atom. The summed E-state index contributed by atoms with van der Waals surface area (Å²) in [6.07, 6.45) is 2.21. The van der Waals surface area contributed by atoms with Crippen LogP contribution in [0.5, 0.6) is 5.75 Å². The van der Waals surface area contributed by atoms with Gasteiger partial charge in [0.1, 0.15) is 5.75 Å². The lowest BCUT2D eigenvalue weighted by molar-refractivity contribution is -0.132. The molecule has 1 amide bonds. The molecule has 5 heteroatoms. The van der Waals surface area contributed by atoms with Gasteiger partial charge in [0, 0.05) is 17.6 Å². The fourth-order valence-corrected chi connectivity index (χ4v) is 3.62. The molecule has 0 atom stereocenters. The van der Waals surface area contributed by atoms with Crippen LogP contribution in [0.25, 0.3) is 0 Å². The van der Waals surface area contributed by atoms with Gasteiger partial charge in [-0.15, -0.1) is 0 Å². The van der Waals surface area contributed by atoms with Gasteiger partial charge >= 0.3 is 0 Å². The Bertz CT molecular complexity index is 433. The Hall–Kier alpha value is -0.550. The van der Waals surface area contributed by atoms with E-state index in [1.54, 1.807) is 0 Å². The Balaban J connectivity index is 1.99. The maximum Gasteiger partial charge on any atom is 0.260 e. The minimum Gasteiger partial charge on any atom is -0.482 e. The Morgan fingerprint density at radius 2 is 2.00 bits per heavy atom. The molecule has 3 nitrogen and oxygen atoms in total. The van der Waals surface area contributed by atoms with Crippen molar-refractivity contribution in [2.24, 2.45) is 0 Å². The van der Waals surface area contributed by atoms with Crippen molar-refractivity contribution in [1.29, 1.82) is 0 Å². The van der Waals surface area contributed by atoms with Crippen LogP contribution in [0.15, 0.2) is 21.1 Å². The highest BCUT2D eigenvalue weighted by Gasteiger charge is 2.19. The summed E-state index contributed by atoms with van der Waals surface area (Å²) < 4.78 is 7.49. The number of likely N-dealkylation sites (tertiary alicyclic amines) is 1. The second kappa shape index (κ2) is 6.06. The largest absolute Gasteiger partial charge is 0.482 e. The highest BCUT2D eigenvalue weighted by atomic mass is 79.9.